The minimum Gasteiger partial charge on any atom is -0.497 e. The average molecular weight is 371 g/mol. The van der Waals surface area contributed by atoms with Gasteiger partial charge in [-0.15, -0.1) is 0 Å². The van der Waals surface area contributed by atoms with E-state index in [9.17, 15) is 9.59 Å². The van der Waals surface area contributed by atoms with E-state index in [0.717, 1.165) is 17.1 Å². The van der Waals surface area contributed by atoms with Crippen LogP contribution < -0.4 is 20.1 Å². The molecule has 2 amide bonds. The minimum absolute atomic E-state index is 0.128. The summed E-state index contributed by atoms with van der Waals surface area (Å²) in [6, 6.07) is 12.6. The molecule has 2 aromatic rings. The van der Waals surface area contributed by atoms with Gasteiger partial charge in [-0.25, -0.2) is 0 Å². The SMILES string of the molecule is COc1ccc(CN(C)CC(=O)Nc2ccc(NC(C)=O)cc2)c(OC)c1. The number of rotatable bonds is 8. The number of carbonyl (C=O) groups excluding carboxylic acids is 2. The molecular weight excluding hydrogens is 346 g/mol. The number of nitrogens with one attached hydrogen (secondary N) is 2. The Hall–Kier alpha value is -3.06. The molecule has 0 unspecified atom stereocenters. The van der Waals surface area contributed by atoms with Crippen LogP contribution in [0.2, 0.25) is 0 Å². The maximum atomic E-state index is 12.3. The lowest BCUT2D eigenvalue weighted by Crippen LogP contribution is -2.30. The molecule has 144 valence electrons. The largest absolute Gasteiger partial charge is 0.497 e. The van der Waals surface area contributed by atoms with Gasteiger partial charge in [0.1, 0.15) is 11.5 Å². The Bertz CT molecular complexity index is 790. The van der Waals surface area contributed by atoms with Gasteiger partial charge in [0.15, 0.2) is 0 Å². The molecule has 7 nitrogen and oxygen atoms in total. The number of methoxy groups -OCH3 is 2. The van der Waals surface area contributed by atoms with Gasteiger partial charge >= 0.3 is 0 Å². The summed E-state index contributed by atoms with van der Waals surface area (Å²) < 4.78 is 10.6. The minimum atomic E-state index is -0.137. The molecule has 2 N–H and O–H groups in total. The van der Waals surface area contributed by atoms with Crippen molar-refractivity contribution in [3.63, 3.8) is 0 Å². The summed E-state index contributed by atoms with van der Waals surface area (Å²) in [6.07, 6.45) is 0. The fourth-order valence-electron chi connectivity index (χ4n) is 2.62. The van der Waals surface area contributed by atoms with Gasteiger partial charge in [-0.2, -0.15) is 0 Å². The highest BCUT2D eigenvalue weighted by atomic mass is 16.5. The van der Waals surface area contributed by atoms with Gasteiger partial charge in [-0.1, -0.05) is 6.07 Å². The van der Waals surface area contributed by atoms with Crippen molar-refractivity contribution in [3.8, 4) is 11.5 Å². The number of nitrogens with zero attached hydrogens (tertiary/aromatic N) is 1. The predicted molar refractivity (Wildman–Crippen MR) is 105 cm³/mol. The number of carbonyl (C=O) groups is 2. The monoisotopic (exact) mass is 371 g/mol. The first kappa shape index (κ1) is 20.3. The molecule has 0 aliphatic carbocycles. The number of hydrogen-bond acceptors (Lipinski definition) is 5. The van der Waals surface area contributed by atoms with Crippen LogP contribution in [-0.4, -0.2) is 44.5 Å². The van der Waals surface area contributed by atoms with Crippen LogP contribution in [0, 0.1) is 0 Å². The molecule has 0 aromatic heterocycles. The van der Waals surface area contributed by atoms with Crippen LogP contribution in [0.3, 0.4) is 0 Å². The van der Waals surface area contributed by atoms with E-state index in [1.165, 1.54) is 6.92 Å². The molecule has 0 spiro atoms. The molecule has 0 aliphatic heterocycles. The standard InChI is InChI=1S/C20H25N3O4/c1-14(24)21-16-6-8-17(9-7-16)22-20(25)13-23(2)12-15-5-10-18(26-3)11-19(15)27-4/h5-11H,12-13H2,1-4H3,(H,21,24)(H,22,25). The summed E-state index contributed by atoms with van der Waals surface area (Å²) in [5.41, 5.74) is 2.32. The zero-order valence-electron chi connectivity index (χ0n) is 16.0. The van der Waals surface area contributed by atoms with Gasteiger partial charge in [0, 0.05) is 36.5 Å². The lowest BCUT2D eigenvalue weighted by molar-refractivity contribution is -0.117. The highest BCUT2D eigenvalue weighted by molar-refractivity contribution is 5.93. The van der Waals surface area contributed by atoms with Crippen LogP contribution in [-0.2, 0) is 16.1 Å². The molecule has 0 saturated heterocycles. The van der Waals surface area contributed by atoms with Crippen LogP contribution >= 0.6 is 0 Å². The van der Waals surface area contributed by atoms with Gasteiger partial charge in [0.25, 0.3) is 0 Å². The fraction of sp³-hybridized carbons (Fsp3) is 0.300. The highest BCUT2D eigenvalue weighted by Gasteiger charge is 2.11. The van der Waals surface area contributed by atoms with E-state index in [1.807, 2.05) is 30.1 Å². The van der Waals surface area contributed by atoms with Gasteiger partial charge < -0.3 is 20.1 Å². The summed E-state index contributed by atoms with van der Waals surface area (Å²) in [7, 11) is 5.08. The summed E-state index contributed by atoms with van der Waals surface area (Å²) >= 11 is 0. The Morgan fingerprint density at radius 1 is 0.963 bits per heavy atom. The maximum Gasteiger partial charge on any atom is 0.238 e. The van der Waals surface area contributed by atoms with E-state index in [1.54, 1.807) is 38.5 Å². The molecule has 2 rings (SSSR count). The predicted octanol–water partition coefficient (Wildman–Crippen LogP) is 2.73. The third kappa shape index (κ3) is 6.31. The van der Waals surface area contributed by atoms with Crippen molar-refractivity contribution >= 4 is 23.2 Å². The van der Waals surface area contributed by atoms with E-state index < -0.39 is 0 Å². The van der Waals surface area contributed by atoms with Gasteiger partial charge in [0.2, 0.25) is 11.8 Å². The van der Waals surface area contributed by atoms with E-state index in [0.29, 0.717) is 17.9 Å². The Kier molecular flexibility index (Phi) is 7.19. The molecular formula is C20H25N3O4. The summed E-state index contributed by atoms with van der Waals surface area (Å²) in [6.45, 7) is 2.23. The number of likely N-dealkylation sites (N-methyl/N-ethyl adjacent to an activating group) is 1. The zero-order valence-corrected chi connectivity index (χ0v) is 16.0. The number of ether oxygens (including phenoxy) is 2. The first-order chi connectivity index (χ1) is 12.9. The van der Waals surface area contributed by atoms with Crippen molar-refractivity contribution < 1.29 is 19.1 Å². The summed E-state index contributed by atoms with van der Waals surface area (Å²) in [4.78, 5) is 25.2. The second-order valence-electron chi connectivity index (χ2n) is 6.16. The second-order valence-corrected chi connectivity index (χ2v) is 6.16. The van der Waals surface area contributed by atoms with Crippen LogP contribution in [0.1, 0.15) is 12.5 Å². The Morgan fingerprint density at radius 3 is 2.15 bits per heavy atom. The van der Waals surface area contributed by atoms with Gasteiger partial charge in [0.05, 0.1) is 20.8 Å². The fourth-order valence-corrected chi connectivity index (χ4v) is 2.62. The third-order valence-corrected chi connectivity index (χ3v) is 3.84. The Labute approximate surface area is 159 Å². The highest BCUT2D eigenvalue weighted by Crippen LogP contribution is 2.25. The van der Waals surface area contributed by atoms with Crippen molar-refractivity contribution in [3.05, 3.63) is 48.0 Å². The quantitative estimate of drug-likeness (QED) is 0.746. The number of benzene rings is 2. The molecule has 2 aromatic carbocycles. The first-order valence-corrected chi connectivity index (χ1v) is 8.48. The van der Waals surface area contributed by atoms with E-state index >= 15 is 0 Å². The number of hydrogen-bond donors (Lipinski definition) is 2. The van der Waals surface area contributed by atoms with Crippen molar-refractivity contribution in [1.82, 2.24) is 4.90 Å². The van der Waals surface area contributed by atoms with Crippen LogP contribution in [0.5, 0.6) is 11.5 Å². The molecule has 0 atom stereocenters. The zero-order chi connectivity index (χ0) is 19.8. The molecule has 0 bridgehead atoms. The van der Waals surface area contributed by atoms with Crippen LogP contribution in [0.15, 0.2) is 42.5 Å². The maximum absolute atomic E-state index is 12.3. The summed E-state index contributed by atoms with van der Waals surface area (Å²) in [5, 5.41) is 5.52. The van der Waals surface area contributed by atoms with Crippen LogP contribution in [0.25, 0.3) is 0 Å². The van der Waals surface area contributed by atoms with Crippen LogP contribution in [0.4, 0.5) is 11.4 Å². The van der Waals surface area contributed by atoms with Gasteiger partial charge in [-0.3, -0.25) is 14.5 Å². The molecule has 0 heterocycles. The topological polar surface area (TPSA) is 79.9 Å². The molecule has 0 aliphatic rings. The average Bonchev–Trinajstić information content (AvgIpc) is 2.63. The van der Waals surface area contributed by atoms with Crippen molar-refractivity contribution in [2.75, 3.05) is 38.4 Å². The lowest BCUT2D eigenvalue weighted by Gasteiger charge is -2.18. The molecule has 7 heteroatoms. The lowest BCUT2D eigenvalue weighted by atomic mass is 10.2. The molecule has 0 radical (unpaired) electrons. The number of anilines is 2. The molecule has 0 saturated carbocycles. The van der Waals surface area contributed by atoms with Crippen molar-refractivity contribution in [2.45, 2.75) is 13.5 Å². The van der Waals surface area contributed by atoms with E-state index in [4.69, 9.17) is 9.47 Å². The number of amides is 2. The normalized spacial score (nSPS) is 10.4. The van der Waals surface area contributed by atoms with Crippen molar-refractivity contribution in [1.29, 1.82) is 0 Å². The van der Waals surface area contributed by atoms with Gasteiger partial charge in [-0.05, 0) is 37.4 Å². The smallest absolute Gasteiger partial charge is 0.238 e. The Balaban J connectivity index is 1.91. The first-order valence-electron chi connectivity index (χ1n) is 8.48. The molecule has 0 fully saturated rings. The van der Waals surface area contributed by atoms with E-state index in [-0.39, 0.29) is 18.4 Å². The second kappa shape index (κ2) is 9.59. The summed E-state index contributed by atoms with van der Waals surface area (Å²) in [5.74, 6) is 1.17. The van der Waals surface area contributed by atoms with E-state index in [2.05, 4.69) is 10.6 Å². The Morgan fingerprint density at radius 2 is 1.59 bits per heavy atom. The van der Waals surface area contributed by atoms with Crippen molar-refractivity contribution in [2.24, 2.45) is 0 Å². The molecule has 27 heavy (non-hydrogen) atoms. The third-order valence-electron chi connectivity index (χ3n) is 3.84.